The Morgan fingerprint density at radius 2 is 2.32 bits per heavy atom. The number of halogens is 1. The van der Waals surface area contributed by atoms with E-state index in [1.165, 1.54) is 5.56 Å². The first-order valence-corrected chi connectivity index (χ1v) is 8.75. The predicted octanol–water partition coefficient (Wildman–Crippen LogP) is 2.65. The van der Waals surface area contributed by atoms with Crippen LogP contribution in [0.2, 0.25) is 5.02 Å². The lowest BCUT2D eigenvalue weighted by Crippen LogP contribution is -2.39. The molecule has 1 aromatic heterocycles. The van der Waals surface area contributed by atoms with Gasteiger partial charge in [-0.2, -0.15) is 5.10 Å². The first kappa shape index (κ1) is 17.6. The highest BCUT2D eigenvalue weighted by Crippen LogP contribution is 2.27. The highest BCUT2D eigenvalue weighted by Gasteiger charge is 2.26. The van der Waals surface area contributed by atoms with Crippen molar-refractivity contribution in [3.05, 3.63) is 46.7 Å². The van der Waals surface area contributed by atoms with E-state index in [2.05, 4.69) is 26.5 Å². The van der Waals surface area contributed by atoms with Crippen molar-refractivity contribution in [2.75, 3.05) is 27.2 Å². The number of ether oxygens (including phenoxy) is 1. The van der Waals surface area contributed by atoms with Crippen LogP contribution in [0.5, 0.6) is 5.75 Å². The summed E-state index contributed by atoms with van der Waals surface area (Å²) in [7, 11) is 5.43. The quantitative estimate of drug-likeness (QED) is 0.672. The summed E-state index contributed by atoms with van der Waals surface area (Å²) in [6.45, 7) is 2.57. The molecule has 1 aliphatic rings. The van der Waals surface area contributed by atoms with Crippen LogP contribution in [-0.4, -0.2) is 47.9 Å². The van der Waals surface area contributed by atoms with Crippen molar-refractivity contribution in [2.45, 2.75) is 18.9 Å². The Kier molecular flexibility index (Phi) is 5.48. The molecule has 1 atom stereocenters. The van der Waals surface area contributed by atoms with Crippen molar-refractivity contribution in [3.63, 3.8) is 0 Å². The van der Waals surface area contributed by atoms with E-state index in [1.54, 1.807) is 7.11 Å². The second kappa shape index (κ2) is 7.78. The molecule has 3 rings (SSSR count). The smallest absolute Gasteiger partial charge is 0.193 e. The average Bonchev–Trinajstić information content (AvgIpc) is 3.25. The minimum atomic E-state index is 0.498. The molecule has 2 heterocycles. The minimum absolute atomic E-state index is 0.498. The number of nitrogens with one attached hydrogen (secondary N) is 1. The highest BCUT2D eigenvalue weighted by molar-refractivity contribution is 6.30. The Bertz CT molecular complexity index is 758. The summed E-state index contributed by atoms with van der Waals surface area (Å²) in [5, 5.41) is 8.38. The van der Waals surface area contributed by atoms with Gasteiger partial charge in [0.05, 0.1) is 13.3 Å². The molecule has 1 fully saturated rings. The van der Waals surface area contributed by atoms with Crippen LogP contribution in [0.15, 0.2) is 35.6 Å². The fourth-order valence-corrected chi connectivity index (χ4v) is 3.41. The van der Waals surface area contributed by atoms with Gasteiger partial charge in [0.25, 0.3) is 0 Å². The molecule has 6 nitrogen and oxygen atoms in total. The third-order valence-electron chi connectivity index (χ3n) is 4.58. The Labute approximate surface area is 153 Å². The Hall–Kier alpha value is -2.21. The Balaban J connectivity index is 1.62. The van der Waals surface area contributed by atoms with Crippen molar-refractivity contribution < 1.29 is 4.74 Å². The molecular formula is C18H24ClN5O. The van der Waals surface area contributed by atoms with Gasteiger partial charge in [0.15, 0.2) is 5.96 Å². The number of rotatable bonds is 4. The maximum atomic E-state index is 6.03. The van der Waals surface area contributed by atoms with Crippen molar-refractivity contribution in [1.29, 1.82) is 0 Å². The fraction of sp³-hybridized carbons (Fsp3) is 0.444. The second-order valence-corrected chi connectivity index (χ2v) is 6.67. The number of nitrogens with zero attached hydrogens (tertiary/aromatic N) is 4. The van der Waals surface area contributed by atoms with Gasteiger partial charge in [-0.1, -0.05) is 17.7 Å². The summed E-state index contributed by atoms with van der Waals surface area (Å²) in [6, 6.07) is 5.68. The highest BCUT2D eigenvalue weighted by atomic mass is 35.5. The van der Waals surface area contributed by atoms with E-state index in [9.17, 15) is 0 Å². The molecule has 0 spiro atoms. The zero-order chi connectivity index (χ0) is 17.8. The van der Waals surface area contributed by atoms with Crippen LogP contribution >= 0.6 is 11.6 Å². The molecule has 1 unspecified atom stereocenters. The van der Waals surface area contributed by atoms with E-state index in [-0.39, 0.29) is 0 Å². The molecule has 134 valence electrons. The summed E-state index contributed by atoms with van der Waals surface area (Å²) in [4.78, 5) is 6.73. The molecule has 0 radical (unpaired) electrons. The third-order valence-corrected chi connectivity index (χ3v) is 4.82. The summed E-state index contributed by atoms with van der Waals surface area (Å²) < 4.78 is 7.27. The fourth-order valence-electron chi connectivity index (χ4n) is 3.25. The molecule has 0 aliphatic carbocycles. The largest absolute Gasteiger partial charge is 0.496 e. The summed E-state index contributed by atoms with van der Waals surface area (Å²) in [6.07, 6.45) is 5.17. The number of methoxy groups -OCH3 is 1. The van der Waals surface area contributed by atoms with Crippen LogP contribution in [0.1, 0.15) is 23.5 Å². The molecule has 0 bridgehead atoms. The van der Waals surface area contributed by atoms with E-state index < -0.39 is 0 Å². The zero-order valence-corrected chi connectivity index (χ0v) is 15.6. The SMILES string of the molecule is CN=C(NCc1ccc(Cl)cc1OC)N1CCC(c2cnn(C)c2)C1. The van der Waals surface area contributed by atoms with Crippen LogP contribution < -0.4 is 10.1 Å². The molecule has 1 N–H and O–H groups in total. The molecule has 25 heavy (non-hydrogen) atoms. The van der Waals surface area contributed by atoms with Gasteiger partial charge in [-0.3, -0.25) is 9.67 Å². The second-order valence-electron chi connectivity index (χ2n) is 6.24. The topological polar surface area (TPSA) is 54.7 Å². The normalized spacial score (nSPS) is 17.8. The maximum Gasteiger partial charge on any atom is 0.193 e. The molecule has 1 saturated heterocycles. The molecule has 0 amide bonds. The van der Waals surface area contributed by atoms with Crippen molar-refractivity contribution in [3.8, 4) is 5.75 Å². The maximum absolute atomic E-state index is 6.03. The summed E-state index contributed by atoms with van der Waals surface area (Å²) in [5.41, 5.74) is 2.34. The van der Waals surface area contributed by atoms with E-state index >= 15 is 0 Å². The van der Waals surface area contributed by atoms with Gasteiger partial charge in [0.1, 0.15) is 5.75 Å². The van der Waals surface area contributed by atoms with E-state index in [0.717, 1.165) is 36.8 Å². The third kappa shape index (κ3) is 4.07. The number of aryl methyl sites for hydroxylation is 1. The molecular weight excluding hydrogens is 338 g/mol. The summed E-state index contributed by atoms with van der Waals surface area (Å²) >= 11 is 6.03. The molecule has 1 aliphatic heterocycles. The average molecular weight is 362 g/mol. The van der Waals surface area contributed by atoms with E-state index in [1.807, 2.05) is 43.2 Å². The van der Waals surface area contributed by atoms with Crippen LogP contribution in [0, 0.1) is 0 Å². The van der Waals surface area contributed by atoms with Gasteiger partial charge in [0, 0.05) is 56.4 Å². The first-order chi connectivity index (χ1) is 12.1. The van der Waals surface area contributed by atoms with E-state index in [4.69, 9.17) is 16.3 Å². The van der Waals surface area contributed by atoms with Crippen LogP contribution in [0.3, 0.4) is 0 Å². The Morgan fingerprint density at radius 3 is 3.00 bits per heavy atom. The number of guanidine groups is 1. The van der Waals surface area contributed by atoms with Gasteiger partial charge in [-0.15, -0.1) is 0 Å². The van der Waals surface area contributed by atoms with Crippen LogP contribution in [0.4, 0.5) is 0 Å². The number of hydrogen-bond donors (Lipinski definition) is 1. The molecule has 7 heteroatoms. The van der Waals surface area contributed by atoms with E-state index in [0.29, 0.717) is 17.5 Å². The standard InChI is InChI=1S/C18H24ClN5O/c1-20-18(21-9-13-4-5-16(19)8-17(13)25-3)24-7-6-14(12-24)15-10-22-23(2)11-15/h4-5,8,10-11,14H,6-7,9,12H2,1-3H3,(H,20,21). The number of likely N-dealkylation sites (tertiary alicyclic amines) is 1. The van der Waals surface area contributed by atoms with Gasteiger partial charge in [0.2, 0.25) is 0 Å². The predicted molar refractivity (Wildman–Crippen MR) is 100 cm³/mol. The van der Waals surface area contributed by atoms with Crippen LogP contribution in [0.25, 0.3) is 0 Å². The number of aliphatic imine (C=N–C) groups is 1. The number of hydrogen-bond acceptors (Lipinski definition) is 3. The van der Waals surface area contributed by atoms with Gasteiger partial charge < -0.3 is 15.0 Å². The van der Waals surface area contributed by atoms with Gasteiger partial charge in [-0.25, -0.2) is 0 Å². The Morgan fingerprint density at radius 1 is 1.48 bits per heavy atom. The first-order valence-electron chi connectivity index (χ1n) is 8.37. The molecule has 1 aromatic carbocycles. The van der Waals surface area contributed by atoms with Gasteiger partial charge in [-0.05, 0) is 24.1 Å². The lowest BCUT2D eigenvalue weighted by Gasteiger charge is -2.22. The molecule has 0 saturated carbocycles. The summed E-state index contributed by atoms with van der Waals surface area (Å²) in [5.74, 6) is 2.19. The zero-order valence-electron chi connectivity index (χ0n) is 14.9. The van der Waals surface area contributed by atoms with Crippen molar-refractivity contribution in [2.24, 2.45) is 12.0 Å². The van der Waals surface area contributed by atoms with Crippen molar-refractivity contribution >= 4 is 17.6 Å². The minimum Gasteiger partial charge on any atom is -0.496 e. The lowest BCUT2D eigenvalue weighted by atomic mass is 10.0. The van der Waals surface area contributed by atoms with Gasteiger partial charge >= 0.3 is 0 Å². The number of benzene rings is 1. The number of aromatic nitrogens is 2. The van der Waals surface area contributed by atoms with Crippen molar-refractivity contribution in [1.82, 2.24) is 20.0 Å². The lowest BCUT2D eigenvalue weighted by molar-refractivity contribution is 0.408. The molecule has 2 aromatic rings. The van der Waals surface area contributed by atoms with Crippen LogP contribution in [-0.2, 0) is 13.6 Å². The monoisotopic (exact) mass is 361 g/mol.